The minimum Gasteiger partial charge on any atom is -0.369 e. The largest absolute Gasteiger partial charge is 0.369 e. The van der Waals surface area contributed by atoms with Gasteiger partial charge in [-0.05, 0) is 69.4 Å². The van der Waals surface area contributed by atoms with E-state index in [1.54, 1.807) is 12.1 Å². The van der Waals surface area contributed by atoms with Crippen molar-refractivity contribution in [2.24, 2.45) is 5.92 Å². The van der Waals surface area contributed by atoms with Crippen LogP contribution in [0.4, 0.5) is 15.8 Å². The van der Waals surface area contributed by atoms with Gasteiger partial charge in [0.1, 0.15) is 5.82 Å². The molecule has 1 amide bonds. The van der Waals surface area contributed by atoms with Crippen molar-refractivity contribution in [2.75, 3.05) is 56.5 Å². The SMILES string of the molecule is CN1CCN(c2ccc(NC(=O)C3CCN(Cc4ccc(Cl)cc4F)CC3)cc2)CC1. The predicted molar refractivity (Wildman–Crippen MR) is 124 cm³/mol. The van der Waals surface area contributed by atoms with Crippen molar-refractivity contribution in [1.29, 1.82) is 0 Å². The Morgan fingerprint density at radius 1 is 1.03 bits per heavy atom. The molecule has 31 heavy (non-hydrogen) atoms. The number of likely N-dealkylation sites (N-methyl/N-ethyl adjacent to an activating group) is 1. The highest BCUT2D eigenvalue weighted by Crippen LogP contribution is 2.24. The van der Waals surface area contributed by atoms with E-state index in [1.165, 1.54) is 11.8 Å². The number of piperazine rings is 1. The lowest BCUT2D eigenvalue weighted by molar-refractivity contribution is -0.121. The summed E-state index contributed by atoms with van der Waals surface area (Å²) in [6, 6.07) is 13.0. The number of hydrogen-bond acceptors (Lipinski definition) is 4. The van der Waals surface area contributed by atoms with Crippen LogP contribution in [-0.4, -0.2) is 62.0 Å². The minimum atomic E-state index is -0.271. The molecule has 0 saturated carbocycles. The van der Waals surface area contributed by atoms with Gasteiger partial charge in [0.25, 0.3) is 0 Å². The number of piperidine rings is 1. The van der Waals surface area contributed by atoms with Crippen LogP contribution >= 0.6 is 11.6 Å². The molecule has 2 saturated heterocycles. The number of halogens is 2. The van der Waals surface area contributed by atoms with Crippen LogP contribution in [0.1, 0.15) is 18.4 Å². The first-order valence-corrected chi connectivity index (χ1v) is 11.4. The number of nitrogens with one attached hydrogen (secondary N) is 1. The Morgan fingerprint density at radius 2 is 1.71 bits per heavy atom. The van der Waals surface area contributed by atoms with E-state index >= 15 is 0 Å². The second-order valence-corrected chi connectivity index (χ2v) is 9.05. The van der Waals surface area contributed by atoms with Gasteiger partial charge in [0.2, 0.25) is 5.91 Å². The Hall–Kier alpha value is -2.15. The summed E-state index contributed by atoms with van der Waals surface area (Å²) in [5.74, 6) is -0.208. The zero-order valence-corrected chi connectivity index (χ0v) is 18.7. The predicted octanol–water partition coefficient (Wildman–Crippen LogP) is 4.08. The minimum absolute atomic E-state index is 0.0105. The maximum Gasteiger partial charge on any atom is 0.227 e. The number of likely N-dealkylation sites (tertiary alicyclic amines) is 1. The van der Waals surface area contributed by atoms with Gasteiger partial charge in [-0.1, -0.05) is 17.7 Å². The number of benzene rings is 2. The van der Waals surface area contributed by atoms with E-state index in [4.69, 9.17) is 11.6 Å². The van der Waals surface area contributed by atoms with Gasteiger partial charge in [0.05, 0.1) is 0 Å². The standard InChI is InChI=1S/C24H30ClFN4O/c1-28-12-14-30(15-13-28)22-6-4-21(5-7-22)27-24(31)18-8-10-29(11-9-18)17-19-2-3-20(25)16-23(19)26/h2-7,16,18H,8-15,17H2,1H3,(H,27,31). The summed E-state index contributed by atoms with van der Waals surface area (Å²) in [5, 5.41) is 3.48. The topological polar surface area (TPSA) is 38.8 Å². The van der Waals surface area contributed by atoms with E-state index < -0.39 is 0 Å². The molecule has 2 heterocycles. The molecule has 0 unspecified atom stereocenters. The van der Waals surface area contributed by atoms with Crippen LogP contribution in [0.2, 0.25) is 5.02 Å². The smallest absolute Gasteiger partial charge is 0.227 e. The third-order valence-corrected chi connectivity index (χ3v) is 6.61. The Morgan fingerprint density at radius 3 is 2.35 bits per heavy atom. The summed E-state index contributed by atoms with van der Waals surface area (Å²) in [7, 11) is 2.15. The van der Waals surface area contributed by atoms with E-state index in [0.717, 1.165) is 57.8 Å². The first-order chi connectivity index (χ1) is 15.0. The molecule has 5 nitrogen and oxygen atoms in total. The molecule has 0 atom stereocenters. The molecule has 0 spiro atoms. The average molecular weight is 445 g/mol. The first kappa shape index (κ1) is 22.1. The van der Waals surface area contributed by atoms with Crippen molar-refractivity contribution in [1.82, 2.24) is 9.80 Å². The van der Waals surface area contributed by atoms with Gasteiger partial charge in [-0.25, -0.2) is 4.39 Å². The molecule has 1 N–H and O–H groups in total. The lowest BCUT2D eigenvalue weighted by Gasteiger charge is -2.34. The quantitative estimate of drug-likeness (QED) is 0.754. The number of hydrogen-bond donors (Lipinski definition) is 1. The molecule has 0 aliphatic carbocycles. The number of carbonyl (C=O) groups is 1. The highest BCUT2D eigenvalue weighted by molar-refractivity contribution is 6.30. The Kier molecular flexibility index (Phi) is 7.10. The molecular formula is C24H30ClFN4O. The molecule has 2 aliphatic rings. The number of carbonyl (C=O) groups excluding carboxylic acids is 1. The van der Waals surface area contributed by atoms with Crippen LogP contribution < -0.4 is 10.2 Å². The Labute approximate surface area is 188 Å². The highest BCUT2D eigenvalue weighted by atomic mass is 35.5. The number of nitrogens with zero attached hydrogens (tertiary/aromatic N) is 3. The molecule has 0 radical (unpaired) electrons. The monoisotopic (exact) mass is 444 g/mol. The average Bonchev–Trinajstić information content (AvgIpc) is 2.77. The summed E-state index contributed by atoms with van der Waals surface area (Å²) >= 11 is 5.83. The van der Waals surface area contributed by atoms with Crippen LogP contribution in [0.15, 0.2) is 42.5 Å². The maximum atomic E-state index is 14.0. The van der Waals surface area contributed by atoms with Crippen molar-refractivity contribution in [3.63, 3.8) is 0 Å². The molecule has 4 rings (SSSR count). The summed E-state index contributed by atoms with van der Waals surface area (Å²) < 4.78 is 14.0. The molecule has 2 aliphatic heterocycles. The fourth-order valence-electron chi connectivity index (χ4n) is 4.31. The normalized spacial score (nSPS) is 18.9. The Balaban J connectivity index is 1.25. The molecule has 0 bridgehead atoms. The number of amides is 1. The Bertz CT molecular complexity index is 891. The van der Waals surface area contributed by atoms with E-state index in [2.05, 4.69) is 39.2 Å². The van der Waals surface area contributed by atoms with Gasteiger partial charge in [0, 0.05) is 60.6 Å². The second-order valence-electron chi connectivity index (χ2n) is 8.61. The van der Waals surface area contributed by atoms with Crippen molar-refractivity contribution >= 4 is 28.9 Å². The lowest BCUT2D eigenvalue weighted by Crippen LogP contribution is -2.44. The van der Waals surface area contributed by atoms with E-state index in [1.807, 2.05) is 12.1 Å². The molecule has 166 valence electrons. The molecule has 2 aromatic rings. The van der Waals surface area contributed by atoms with Crippen LogP contribution in [0.3, 0.4) is 0 Å². The van der Waals surface area contributed by atoms with Gasteiger partial charge in [-0.2, -0.15) is 0 Å². The maximum absolute atomic E-state index is 14.0. The molecular weight excluding hydrogens is 415 g/mol. The fourth-order valence-corrected chi connectivity index (χ4v) is 4.47. The second kappa shape index (κ2) is 9.98. The number of anilines is 2. The summed E-state index contributed by atoms with van der Waals surface area (Å²) in [6.07, 6.45) is 1.56. The zero-order valence-electron chi connectivity index (χ0n) is 18.0. The van der Waals surface area contributed by atoms with Gasteiger partial charge in [-0.3, -0.25) is 9.69 Å². The molecule has 7 heteroatoms. The van der Waals surface area contributed by atoms with Crippen molar-refractivity contribution in [3.8, 4) is 0 Å². The lowest BCUT2D eigenvalue weighted by atomic mass is 9.95. The third-order valence-electron chi connectivity index (χ3n) is 6.37. The van der Waals surface area contributed by atoms with Crippen molar-refractivity contribution in [3.05, 3.63) is 58.9 Å². The van der Waals surface area contributed by atoms with Crippen molar-refractivity contribution in [2.45, 2.75) is 19.4 Å². The zero-order chi connectivity index (χ0) is 21.8. The van der Waals surface area contributed by atoms with Crippen LogP contribution in [0.5, 0.6) is 0 Å². The van der Waals surface area contributed by atoms with E-state index in [-0.39, 0.29) is 17.6 Å². The third kappa shape index (κ3) is 5.76. The molecule has 2 aromatic carbocycles. The summed E-state index contributed by atoms with van der Waals surface area (Å²) in [6.45, 7) is 6.31. The van der Waals surface area contributed by atoms with Gasteiger partial charge >= 0.3 is 0 Å². The van der Waals surface area contributed by atoms with Crippen LogP contribution in [0.25, 0.3) is 0 Å². The first-order valence-electron chi connectivity index (χ1n) is 11.0. The number of rotatable bonds is 5. The van der Waals surface area contributed by atoms with Gasteiger partial charge in [0.15, 0.2) is 0 Å². The summed E-state index contributed by atoms with van der Waals surface area (Å²) in [5.41, 5.74) is 2.69. The molecule has 2 fully saturated rings. The van der Waals surface area contributed by atoms with Gasteiger partial charge < -0.3 is 15.1 Å². The molecule has 0 aromatic heterocycles. The van der Waals surface area contributed by atoms with Crippen LogP contribution in [0, 0.1) is 11.7 Å². The van der Waals surface area contributed by atoms with E-state index in [0.29, 0.717) is 17.1 Å². The fraction of sp³-hybridized carbons (Fsp3) is 0.458. The van der Waals surface area contributed by atoms with E-state index in [9.17, 15) is 9.18 Å². The van der Waals surface area contributed by atoms with Crippen molar-refractivity contribution < 1.29 is 9.18 Å². The highest BCUT2D eigenvalue weighted by Gasteiger charge is 2.25. The van der Waals surface area contributed by atoms with Gasteiger partial charge in [-0.15, -0.1) is 0 Å². The van der Waals surface area contributed by atoms with Crippen LogP contribution in [-0.2, 0) is 11.3 Å². The summed E-state index contributed by atoms with van der Waals surface area (Å²) in [4.78, 5) is 19.6.